The maximum Gasteiger partial charge on any atom is 0.115 e. The van der Waals surface area contributed by atoms with E-state index in [4.69, 9.17) is 9.72 Å². The lowest BCUT2D eigenvalue weighted by Crippen LogP contribution is -2.18. The third-order valence-electron chi connectivity index (χ3n) is 4.85. The van der Waals surface area contributed by atoms with Crippen LogP contribution in [0.3, 0.4) is 0 Å². The van der Waals surface area contributed by atoms with Crippen molar-refractivity contribution in [3.63, 3.8) is 0 Å². The Hall–Kier alpha value is -1.99. The fraction of sp³-hybridized carbons (Fsp3) is 0.545. The quantitative estimate of drug-likeness (QED) is 0.542. The number of rotatable bonds is 4. The molecule has 1 aliphatic rings. The van der Waals surface area contributed by atoms with Crippen molar-refractivity contribution in [2.75, 3.05) is 24.6 Å². The highest BCUT2D eigenvalue weighted by molar-refractivity contribution is 7.99. The van der Waals surface area contributed by atoms with Crippen LogP contribution in [-0.2, 0) is 16.7 Å². The fourth-order valence-corrected chi connectivity index (χ4v) is 4.05. The van der Waals surface area contributed by atoms with Gasteiger partial charge in [-0.05, 0) is 50.5 Å². The minimum Gasteiger partial charge on any atom is -0.381 e. The summed E-state index contributed by atoms with van der Waals surface area (Å²) in [6.45, 7) is 11.7. The molecular weight excluding hydrogens is 382 g/mol. The van der Waals surface area contributed by atoms with Crippen LogP contribution in [-0.4, -0.2) is 39.0 Å². The number of benzene rings is 1. The first-order valence-electron chi connectivity index (χ1n) is 10.4. The van der Waals surface area contributed by atoms with Gasteiger partial charge >= 0.3 is 0 Å². The molecule has 1 aromatic carbocycles. The monoisotopic (exact) mass is 415 g/mol. The molecular formula is C22H33N5OS. The second-order valence-corrected chi connectivity index (χ2v) is 9.35. The van der Waals surface area contributed by atoms with Crippen LogP contribution in [0.2, 0.25) is 0 Å². The summed E-state index contributed by atoms with van der Waals surface area (Å²) in [5, 5.41) is 4.23. The summed E-state index contributed by atoms with van der Waals surface area (Å²) in [6, 6.07) is 8.37. The van der Waals surface area contributed by atoms with E-state index in [2.05, 4.69) is 59.9 Å². The highest BCUT2D eigenvalue weighted by Crippen LogP contribution is 2.30. The fourth-order valence-electron chi connectivity index (χ4n) is 3.37. The number of hydrogen-bond acceptors (Lipinski definition) is 5. The van der Waals surface area contributed by atoms with Gasteiger partial charge in [0.25, 0.3) is 0 Å². The minimum absolute atomic E-state index is 0.0326. The van der Waals surface area contributed by atoms with Crippen LogP contribution >= 0.6 is 12.1 Å². The SMILES string of the molecule is C1CCOCC1.CCn1c(C(C)(C)C)nc2cc(N(C)Sn3cccn3)ccc21. The lowest BCUT2D eigenvalue weighted by atomic mass is 9.96. The van der Waals surface area contributed by atoms with Crippen molar-refractivity contribution < 1.29 is 4.74 Å². The molecule has 0 saturated carbocycles. The van der Waals surface area contributed by atoms with Gasteiger partial charge in [0, 0.05) is 38.4 Å². The van der Waals surface area contributed by atoms with Crippen LogP contribution in [0, 0.1) is 0 Å². The molecule has 0 N–H and O–H groups in total. The van der Waals surface area contributed by atoms with E-state index in [0.29, 0.717) is 0 Å². The average molecular weight is 416 g/mol. The number of aromatic nitrogens is 4. The molecule has 0 atom stereocenters. The third kappa shape index (κ3) is 5.54. The van der Waals surface area contributed by atoms with Crippen LogP contribution in [0.25, 0.3) is 11.0 Å². The van der Waals surface area contributed by atoms with E-state index >= 15 is 0 Å². The Kier molecular flexibility index (Phi) is 7.24. The summed E-state index contributed by atoms with van der Waals surface area (Å²) in [7, 11) is 2.04. The molecule has 158 valence electrons. The zero-order chi connectivity index (χ0) is 20.9. The summed E-state index contributed by atoms with van der Waals surface area (Å²) >= 11 is 1.54. The number of hydrogen-bond donors (Lipinski definition) is 0. The van der Waals surface area contributed by atoms with Crippen LogP contribution in [0.5, 0.6) is 0 Å². The molecule has 3 aromatic rings. The van der Waals surface area contributed by atoms with E-state index in [9.17, 15) is 0 Å². The molecule has 6 nitrogen and oxygen atoms in total. The Morgan fingerprint density at radius 3 is 2.45 bits per heavy atom. The highest BCUT2D eigenvalue weighted by Gasteiger charge is 2.22. The molecule has 1 saturated heterocycles. The molecule has 0 bridgehead atoms. The Morgan fingerprint density at radius 2 is 1.93 bits per heavy atom. The van der Waals surface area contributed by atoms with Crippen molar-refractivity contribution in [3.8, 4) is 0 Å². The number of fused-ring (bicyclic) bond motifs is 1. The maximum absolute atomic E-state index is 5.07. The maximum atomic E-state index is 5.07. The standard InChI is InChI=1S/C17H23N5S.C5H10O/c1-6-21-15-9-8-13(20(5)23-22-11-7-10-18-22)12-14(15)19-16(21)17(2,3)4;1-2-4-6-5-3-1/h7-12H,6H2,1-5H3;1-5H2. The van der Waals surface area contributed by atoms with Crippen molar-refractivity contribution >= 4 is 28.9 Å². The molecule has 0 amide bonds. The minimum atomic E-state index is 0.0326. The molecule has 4 rings (SSSR count). The van der Waals surface area contributed by atoms with Gasteiger partial charge < -0.3 is 13.6 Å². The lowest BCUT2D eigenvalue weighted by Gasteiger charge is -2.19. The van der Waals surface area contributed by atoms with E-state index in [-0.39, 0.29) is 5.41 Å². The first-order valence-corrected chi connectivity index (χ1v) is 11.1. The van der Waals surface area contributed by atoms with Crippen molar-refractivity contribution in [1.82, 2.24) is 18.7 Å². The topological polar surface area (TPSA) is 48.1 Å². The van der Waals surface area contributed by atoms with E-state index in [0.717, 1.165) is 36.8 Å². The first kappa shape index (κ1) is 21.7. The zero-order valence-corrected chi connectivity index (χ0v) is 19.1. The summed E-state index contributed by atoms with van der Waals surface area (Å²) in [4.78, 5) is 4.90. The smallest absolute Gasteiger partial charge is 0.115 e. The van der Waals surface area contributed by atoms with E-state index in [1.807, 2.05) is 23.4 Å². The number of imidazole rings is 1. The van der Waals surface area contributed by atoms with Gasteiger partial charge in [-0.2, -0.15) is 9.19 Å². The van der Waals surface area contributed by atoms with Crippen molar-refractivity contribution in [2.24, 2.45) is 0 Å². The van der Waals surface area contributed by atoms with E-state index < -0.39 is 0 Å². The van der Waals surface area contributed by atoms with Gasteiger partial charge in [-0.25, -0.2) is 4.98 Å². The molecule has 1 fully saturated rings. The Labute approximate surface area is 178 Å². The van der Waals surface area contributed by atoms with Gasteiger partial charge in [-0.3, -0.25) is 0 Å². The zero-order valence-electron chi connectivity index (χ0n) is 18.3. The summed E-state index contributed by atoms with van der Waals surface area (Å²) < 4.78 is 11.3. The van der Waals surface area contributed by atoms with Crippen LogP contribution in [0.4, 0.5) is 5.69 Å². The second kappa shape index (κ2) is 9.67. The van der Waals surface area contributed by atoms with E-state index in [1.54, 1.807) is 6.20 Å². The van der Waals surface area contributed by atoms with Gasteiger partial charge in [-0.1, -0.05) is 20.8 Å². The van der Waals surface area contributed by atoms with E-state index in [1.165, 1.54) is 36.9 Å². The molecule has 0 unspecified atom stereocenters. The molecule has 2 aromatic heterocycles. The first-order chi connectivity index (χ1) is 13.9. The van der Waals surface area contributed by atoms with Crippen LogP contribution in [0.1, 0.15) is 52.8 Å². The average Bonchev–Trinajstić information content (AvgIpc) is 3.36. The van der Waals surface area contributed by atoms with Crippen LogP contribution in [0.15, 0.2) is 36.7 Å². The van der Waals surface area contributed by atoms with Crippen molar-refractivity contribution in [1.29, 1.82) is 0 Å². The Morgan fingerprint density at radius 1 is 1.17 bits per heavy atom. The summed E-state index contributed by atoms with van der Waals surface area (Å²) in [6.07, 6.45) is 7.64. The van der Waals surface area contributed by atoms with Crippen LogP contribution < -0.4 is 4.31 Å². The highest BCUT2D eigenvalue weighted by atomic mass is 32.2. The second-order valence-electron chi connectivity index (χ2n) is 8.26. The van der Waals surface area contributed by atoms with Crippen molar-refractivity contribution in [2.45, 2.75) is 58.9 Å². The number of aryl methyl sites for hydroxylation is 1. The number of anilines is 1. The summed E-state index contributed by atoms with van der Waals surface area (Å²) in [5.74, 6) is 1.13. The number of nitrogens with zero attached hydrogens (tertiary/aromatic N) is 5. The molecule has 3 heterocycles. The van der Waals surface area contributed by atoms with Gasteiger partial charge in [0.2, 0.25) is 0 Å². The molecule has 7 heteroatoms. The third-order valence-corrected chi connectivity index (χ3v) is 5.69. The number of ether oxygens (including phenoxy) is 1. The summed E-state index contributed by atoms with van der Waals surface area (Å²) in [5.41, 5.74) is 3.38. The predicted octanol–water partition coefficient (Wildman–Crippen LogP) is 5.28. The Balaban J connectivity index is 0.000000343. The lowest BCUT2D eigenvalue weighted by molar-refractivity contribution is 0.0968. The molecule has 1 aliphatic heterocycles. The van der Waals surface area contributed by atoms with Gasteiger partial charge in [0.1, 0.15) is 5.82 Å². The molecule has 0 radical (unpaired) electrons. The molecule has 0 spiro atoms. The normalized spacial score (nSPS) is 14.5. The van der Waals surface area contributed by atoms with Gasteiger partial charge in [0.05, 0.1) is 35.1 Å². The Bertz CT molecular complexity index is 882. The van der Waals surface area contributed by atoms with Gasteiger partial charge in [0.15, 0.2) is 0 Å². The molecule has 29 heavy (non-hydrogen) atoms. The predicted molar refractivity (Wildman–Crippen MR) is 122 cm³/mol. The van der Waals surface area contributed by atoms with Crippen molar-refractivity contribution in [3.05, 3.63) is 42.5 Å². The largest absolute Gasteiger partial charge is 0.381 e. The van der Waals surface area contributed by atoms with Gasteiger partial charge in [-0.15, -0.1) is 0 Å². The molecule has 0 aliphatic carbocycles.